The Morgan fingerprint density at radius 3 is 0.667 bits per heavy atom. The maximum Gasteiger partial charge on any atom is 2.00 e. The van der Waals surface area contributed by atoms with Crippen LogP contribution in [0.1, 0.15) is 56.2 Å². The molecular weight excluding hydrogens is 1340 g/mol. The predicted molar refractivity (Wildman–Crippen MR) is 351 cm³/mol. The van der Waals surface area contributed by atoms with Gasteiger partial charge in [0.2, 0.25) is 0 Å². The molecule has 0 aliphatic heterocycles. The number of nitrogens with zero attached hydrogens (tertiary/aromatic N) is 15. The van der Waals surface area contributed by atoms with Crippen LogP contribution in [0.2, 0.25) is 0 Å². The fourth-order valence-electron chi connectivity index (χ4n) is 9.41. The van der Waals surface area contributed by atoms with Crippen LogP contribution in [-0.2, 0) is 61.7 Å². The fourth-order valence-corrected chi connectivity index (χ4v) is 9.41. The summed E-state index contributed by atoms with van der Waals surface area (Å²) in [5.74, 6) is -0.0981. The zero-order valence-corrected chi connectivity index (χ0v) is 54.9. The van der Waals surface area contributed by atoms with E-state index in [-0.39, 0.29) is 101 Å². The largest absolute Gasteiger partial charge is 2.00 e. The van der Waals surface area contributed by atoms with E-state index in [1.807, 2.05) is 163 Å². The molecule has 0 saturated carbocycles. The topological polar surface area (TPSA) is 451 Å². The van der Waals surface area contributed by atoms with Gasteiger partial charge in [0.25, 0.3) is 37.5 Å². The molecule has 34 heteroatoms. The monoisotopic (exact) mass is 1410 g/mol. The molecule has 0 aliphatic rings. The van der Waals surface area contributed by atoms with Gasteiger partial charge in [-0.05, 0) is 125 Å². The normalized spacial score (nSPS) is 10.5. The first-order valence-corrected chi connectivity index (χ1v) is 27.3. The second-order valence-corrected chi connectivity index (χ2v) is 20.0. The van der Waals surface area contributed by atoms with E-state index in [9.17, 15) is 29.4 Å². The van der Waals surface area contributed by atoms with E-state index in [2.05, 4.69) is 20.0 Å². The molecule has 0 unspecified atom stereocenters. The number of benzene rings is 6. The van der Waals surface area contributed by atoms with Crippen molar-refractivity contribution < 1.29 is 85.6 Å². The molecule has 0 saturated heterocycles. The quantitative estimate of drug-likeness (QED) is 0.0472. The number of para-hydroxylation sites is 4. The van der Waals surface area contributed by atoms with Crippen molar-refractivity contribution in [1.82, 2.24) is 37.5 Å². The summed E-state index contributed by atoms with van der Waals surface area (Å²) in [4.78, 5) is 95.9. The third-order valence-corrected chi connectivity index (χ3v) is 14.1. The van der Waals surface area contributed by atoms with Crippen molar-refractivity contribution >= 4 is 47.6 Å². The molecule has 10 aromatic rings. The van der Waals surface area contributed by atoms with Crippen LogP contribution in [0.3, 0.4) is 0 Å². The molecule has 0 amide bonds. The van der Waals surface area contributed by atoms with Gasteiger partial charge in [0.05, 0.1) is 45.5 Å². The van der Waals surface area contributed by atoms with E-state index in [0.717, 1.165) is 33.9 Å². The molecular formula is C62H67Co2N15O17+4. The van der Waals surface area contributed by atoms with E-state index in [1.165, 1.54) is 24.9 Å². The average Bonchev–Trinajstić information content (AvgIpc) is 1.66. The third kappa shape index (κ3) is 19.1. The number of rotatable bonds is 12. The van der Waals surface area contributed by atoms with Gasteiger partial charge in [-0.25, -0.2) is 38.7 Å². The van der Waals surface area contributed by atoms with E-state index in [4.69, 9.17) is 46.0 Å². The Morgan fingerprint density at radius 2 is 0.510 bits per heavy atom. The van der Waals surface area contributed by atoms with Gasteiger partial charge >= 0.3 is 33.6 Å². The first kappa shape index (κ1) is 80.3. The maximum absolute atomic E-state index is 13.2. The Kier molecular flexibility index (Phi) is 30.0. The number of aromatic hydroxyl groups is 2. The van der Waals surface area contributed by atoms with E-state index < -0.39 is 15.3 Å². The summed E-state index contributed by atoms with van der Waals surface area (Å²) in [5, 5.41) is 63.0. The van der Waals surface area contributed by atoms with Crippen molar-refractivity contribution in [2.75, 3.05) is 0 Å². The Bertz CT molecular complexity index is 4130. The molecule has 0 atom stereocenters. The molecule has 0 aliphatic carbocycles. The van der Waals surface area contributed by atoms with Crippen LogP contribution in [0.25, 0.3) is 22.7 Å². The van der Waals surface area contributed by atoms with Crippen molar-refractivity contribution in [1.29, 1.82) is 0 Å². The minimum Gasteiger partial charge on any atom is -0.507 e. The summed E-state index contributed by atoms with van der Waals surface area (Å²) >= 11 is 0. The smallest absolute Gasteiger partial charge is 0.507 e. The number of phenolic OH excluding ortho intramolecular Hbond substituents is 2. The van der Waals surface area contributed by atoms with Gasteiger partial charge in [-0.1, -0.05) is 72.8 Å². The molecule has 0 bridgehead atoms. The molecule has 0 fully saturated rings. The number of aryl methyl sites for hydroxylation is 2. The summed E-state index contributed by atoms with van der Waals surface area (Å²) in [6.45, 7) is 11.1. The molecule has 6 aromatic carbocycles. The molecule has 506 valence electrons. The maximum atomic E-state index is 13.2. The number of phenols is 2. The van der Waals surface area contributed by atoms with Gasteiger partial charge in [-0.15, -0.1) is 30.3 Å². The molecule has 10 rings (SSSR count). The minimum absolute atomic E-state index is 0. The van der Waals surface area contributed by atoms with Gasteiger partial charge in [0.15, 0.2) is 22.7 Å². The zero-order valence-electron chi connectivity index (χ0n) is 52.9. The molecule has 9 N–H and O–H groups in total. The number of hydrogen-bond acceptors (Lipinski definition) is 16. The summed E-state index contributed by atoms with van der Waals surface area (Å²) in [6, 6.07) is 44.5. The van der Waals surface area contributed by atoms with Crippen molar-refractivity contribution in [2.24, 2.45) is 48.2 Å². The van der Waals surface area contributed by atoms with Crippen LogP contribution in [0.5, 0.6) is 11.5 Å². The number of aliphatic imine (C=N–C) groups is 4. The molecule has 32 nitrogen and oxygen atoms in total. The Morgan fingerprint density at radius 1 is 0.354 bits per heavy atom. The average molecular weight is 1410 g/mol. The minimum atomic E-state index is -1.50. The SMILES string of the molecule is Cc1cc(C=Nc2c(C)n(C)n(-c3ccccc3)c2=O)c(O)c(C=Nc2c(C)n(C)n(-c3ccccc3)c2=O)c1.Cc1cc(C=Nc2c(C)n(C)n(-c3ccccc3)c2=O)c(O)c(C=Nc2c(C)n(C)n(-c3ccccc3)c2=O)c1.O.O.O=[N+]([O-])O.O=[N+]([O-])O.O=[N+]([O-])O.[Co+2].[Co+2]. The second kappa shape index (κ2) is 35.8. The molecule has 0 spiro atoms. The van der Waals surface area contributed by atoms with Crippen LogP contribution in [-0.4, -0.2) is 114 Å². The van der Waals surface area contributed by atoms with Crippen molar-refractivity contribution in [3.8, 4) is 34.2 Å². The van der Waals surface area contributed by atoms with Gasteiger partial charge < -0.3 is 36.8 Å². The fraction of sp³-hybridized carbons (Fsp3) is 0.161. The Hall–Kier alpha value is -11.8. The molecule has 4 heterocycles. The summed E-state index contributed by atoms with van der Waals surface area (Å²) in [7, 11) is 7.22. The van der Waals surface area contributed by atoms with Crippen LogP contribution in [0, 0.1) is 71.9 Å². The first-order valence-electron chi connectivity index (χ1n) is 27.3. The van der Waals surface area contributed by atoms with Crippen LogP contribution >= 0.6 is 0 Å². The van der Waals surface area contributed by atoms with Crippen LogP contribution < -0.4 is 22.2 Å². The summed E-state index contributed by atoms with van der Waals surface area (Å²) in [6.07, 6.45) is 5.92. The Balaban J connectivity index is 0.000000540. The predicted octanol–water partition coefficient (Wildman–Crippen LogP) is 6.90. The van der Waals surface area contributed by atoms with Crippen molar-refractivity contribution in [3.05, 3.63) is 274 Å². The van der Waals surface area contributed by atoms with Gasteiger partial charge in [0.1, 0.15) is 11.5 Å². The van der Waals surface area contributed by atoms with Crippen LogP contribution in [0.15, 0.2) is 185 Å². The third-order valence-electron chi connectivity index (χ3n) is 14.1. The van der Waals surface area contributed by atoms with E-state index in [0.29, 0.717) is 45.0 Å². The summed E-state index contributed by atoms with van der Waals surface area (Å²) in [5.41, 5.74) is 9.23. The first-order chi connectivity index (χ1) is 43.6. The molecule has 2 radical (unpaired) electrons. The Labute approximate surface area is 565 Å². The van der Waals surface area contributed by atoms with Crippen molar-refractivity contribution in [2.45, 2.75) is 41.5 Å². The van der Waals surface area contributed by atoms with Crippen molar-refractivity contribution in [3.63, 3.8) is 0 Å². The standard InChI is InChI=1S/2C31H30N6O3.2Co.3HNO3.2H2O/c2*1-20-16-23(18-32-27-21(2)34(4)36(30(27)39)25-12-8-6-9-13-25)29(38)24(17-20)19-33-28-22(3)35(5)37(31(28)40)26-14-10-7-11-15-26;;;3*2-1(3)4;;/h2*6-19,38H,1-5H3;;;3*(H,2,3,4);2*1H2/q;;2*+2;;;;;. The van der Waals surface area contributed by atoms with E-state index in [1.54, 1.807) is 89.9 Å². The van der Waals surface area contributed by atoms with Crippen LogP contribution in [0.4, 0.5) is 22.7 Å². The van der Waals surface area contributed by atoms with E-state index >= 15 is 0 Å². The molecule has 4 aromatic heterocycles. The zero-order chi connectivity index (χ0) is 67.8. The summed E-state index contributed by atoms with van der Waals surface area (Å²) < 4.78 is 13.2. The second-order valence-electron chi connectivity index (χ2n) is 20.0. The number of aromatic nitrogens is 8. The van der Waals surface area contributed by atoms with Gasteiger partial charge in [0, 0.05) is 75.3 Å². The van der Waals surface area contributed by atoms with Gasteiger partial charge in [-0.3, -0.25) is 37.9 Å². The molecule has 96 heavy (non-hydrogen) atoms. The number of hydrogen-bond donors (Lipinski definition) is 5. The van der Waals surface area contributed by atoms with Gasteiger partial charge in [-0.2, -0.15) is 0 Å².